The third-order valence-corrected chi connectivity index (χ3v) is 4.53. The molecule has 134 valence electrons. The normalized spacial score (nSPS) is 13.1. The molecule has 4 N–H and O–H groups in total. The number of hydrogen-bond donors (Lipinski definition) is 2. The molecule has 1 unspecified atom stereocenters. The Balaban J connectivity index is 2.28. The van der Waals surface area contributed by atoms with Crippen LogP contribution in [0.3, 0.4) is 0 Å². The minimum absolute atomic E-state index is 0.181. The molecule has 0 fully saturated rings. The number of amidine groups is 1. The molecule has 2 rings (SSSR count). The second-order valence-corrected chi connectivity index (χ2v) is 6.83. The lowest BCUT2D eigenvalue weighted by Gasteiger charge is -2.27. The summed E-state index contributed by atoms with van der Waals surface area (Å²) in [7, 11) is 4.02. The van der Waals surface area contributed by atoms with Crippen LogP contribution in [0.5, 0.6) is 0 Å². The van der Waals surface area contributed by atoms with E-state index in [0.29, 0.717) is 15.9 Å². The third-order valence-electron chi connectivity index (χ3n) is 3.79. The first-order valence-corrected chi connectivity index (χ1v) is 8.67. The molecule has 0 saturated heterocycles. The molecule has 0 aliphatic carbocycles. The van der Waals surface area contributed by atoms with Crippen molar-refractivity contribution in [3.8, 4) is 0 Å². The molecular weight excluding hydrogens is 357 g/mol. The average Bonchev–Trinajstić information content (AvgIpc) is 2.58. The van der Waals surface area contributed by atoms with Gasteiger partial charge in [0.25, 0.3) is 0 Å². The van der Waals surface area contributed by atoms with E-state index in [2.05, 4.69) is 10.0 Å². The fourth-order valence-corrected chi connectivity index (χ4v) is 2.72. The van der Waals surface area contributed by atoms with E-state index in [1.54, 1.807) is 6.07 Å². The van der Waals surface area contributed by atoms with Crippen LogP contribution in [0.25, 0.3) is 0 Å². The quantitative estimate of drug-likeness (QED) is 0.334. The van der Waals surface area contributed by atoms with Crippen LogP contribution >= 0.6 is 23.2 Å². The predicted octanol–water partition coefficient (Wildman–Crippen LogP) is 3.48. The van der Waals surface area contributed by atoms with Crippen molar-refractivity contribution in [1.82, 2.24) is 10.0 Å². The summed E-state index contributed by atoms with van der Waals surface area (Å²) in [6, 6.07) is 14.8. The van der Waals surface area contributed by atoms with Crippen molar-refractivity contribution < 1.29 is 0 Å². The van der Waals surface area contributed by atoms with Gasteiger partial charge in [-0.1, -0.05) is 59.6 Å². The first kappa shape index (κ1) is 19.5. The van der Waals surface area contributed by atoms with Gasteiger partial charge in [-0.05, 0) is 44.8 Å². The lowest BCUT2D eigenvalue weighted by atomic mass is 10.0. The largest absolute Gasteiger partial charge is 0.382 e. The van der Waals surface area contributed by atoms with Crippen molar-refractivity contribution in [1.29, 1.82) is 0 Å². The SMILES string of the molecule is CN(C)CCC(c1ccc(Cl)c(Cl)c1)N(N)/N=C(\N)c1ccccc1. The number of nitrogens with two attached hydrogens (primary N) is 2. The number of benzene rings is 2. The topological polar surface area (TPSA) is 70.9 Å². The molecule has 0 aliphatic rings. The summed E-state index contributed by atoms with van der Waals surface area (Å²) in [6.45, 7) is 0.833. The maximum atomic E-state index is 6.23. The van der Waals surface area contributed by atoms with Gasteiger partial charge in [0.1, 0.15) is 0 Å². The summed E-state index contributed by atoms with van der Waals surface area (Å²) in [5.74, 6) is 6.59. The van der Waals surface area contributed by atoms with E-state index in [4.69, 9.17) is 34.8 Å². The van der Waals surface area contributed by atoms with Gasteiger partial charge in [0.05, 0.1) is 16.1 Å². The second-order valence-electron chi connectivity index (χ2n) is 6.01. The van der Waals surface area contributed by atoms with E-state index in [1.165, 1.54) is 5.12 Å². The van der Waals surface area contributed by atoms with Gasteiger partial charge in [-0.3, -0.25) is 0 Å². The van der Waals surface area contributed by atoms with Crippen LogP contribution in [0, 0.1) is 0 Å². The second kappa shape index (κ2) is 9.06. The molecule has 0 heterocycles. The standard InChI is InChI=1S/C18H23Cl2N5/c1-24(2)11-10-17(14-8-9-15(19)16(20)12-14)25(22)23-18(21)13-6-4-3-5-7-13/h3-9,12,17H,10-11,22H2,1-2H3,(H2,21,23). The van der Waals surface area contributed by atoms with E-state index in [9.17, 15) is 0 Å². The molecule has 0 radical (unpaired) electrons. The maximum Gasteiger partial charge on any atom is 0.152 e. The maximum absolute atomic E-state index is 6.23. The molecule has 2 aromatic rings. The lowest BCUT2D eigenvalue weighted by Crippen LogP contribution is -2.35. The molecule has 0 bridgehead atoms. The van der Waals surface area contributed by atoms with Gasteiger partial charge in [-0.15, -0.1) is 5.10 Å². The molecule has 0 spiro atoms. The van der Waals surface area contributed by atoms with E-state index in [1.807, 2.05) is 56.6 Å². The van der Waals surface area contributed by atoms with Crippen molar-refractivity contribution in [3.63, 3.8) is 0 Å². The van der Waals surface area contributed by atoms with Gasteiger partial charge >= 0.3 is 0 Å². The van der Waals surface area contributed by atoms with Crippen molar-refractivity contribution in [2.24, 2.45) is 16.7 Å². The van der Waals surface area contributed by atoms with Gasteiger partial charge < -0.3 is 10.6 Å². The fraction of sp³-hybridized carbons (Fsp3) is 0.278. The molecule has 0 aliphatic heterocycles. The highest BCUT2D eigenvalue weighted by Crippen LogP contribution is 2.29. The Morgan fingerprint density at radius 1 is 1.08 bits per heavy atom. The Morgan fingerprint density at radius 3 is 2.36 bits per heavy atom. The van der Waals surface area contributed by atoms with Crippen LogP contribution in [0.4, 0.5) is 0 Å². The highest BCUT2D eigenvalue weighted by Gasteiger charge is 2.19. The molecule has 5 nitrogen and oxygen atoms in total. The molecule has 2 aromatic carbocycles. The van der Waals surface area contributed by atoms with Crippen LogP contribution in [0.15, 0.2) is 53.6 Å². The van der Waals surface area contributed by atoms with Crippen molar-refractivity contribution in [3.05, 3.63) is 69.7 Å². The Morgan fingerprint density at radius 2 is 1.76 bits per heavy atom. The Kier molecular flexibility index (Phi) is 7.08. The first-order valence-electron chi connectivity index (χ1n) is 7.91. The summed E-state index contributed by atoms with van der Waals surface area (Å²) >= 11 is 12.2. The van der Waals surface area contributed by atoms with E-state index < -0.39 is 0 Å². The fourth-order valence-electron chi connectivity index (χ4n) is 2.41. The number of hydrazone groups is 1. The predicted molar refractivity (Wildman–Crippen MR) is 106 cm³/mol. The van der Waals surface area contributed by atoms with Crippen LogP contribution in [0.1, 0.15) is 23.6 Å². The van der Waals surface area contributed by atoms with Crippen molar-refractivity contribution in [2.75, 3.05) is 20.6 Å². The molecule has 25 heavy (non-hydrogen) atoms. The first-order chi connectivity index (χ1) is 11.9. The molecule has 0 amide bonds. The monoisotopic (exact) mass is 379 g/mol. The van der Waals surface area contributed by atoms with Gasteiger partial charge in [0.15, 0.2) is 5.84 Å². The molecule has 0 saturated carbocycles. The Labute approximate surface area is 158 Å². The van der Waals surface area contributed by atoms with Gasteiger partial charge in [-0.2, -0.15) is 0 Å². The number of nitrogens with zero attached hydrogens (tertiary/aromatic N) is 3. The van der Waals surface area contributed by atoms with Crippen LogP contribution in [0.2, 0.25) is 10.0 Å². The van der Waals surface area contributed by atoms with Gasteiger partial charge in [0.2, 0.25) is 0 Å². The van der Waals surface area contributed by atoms with Crippen LogP contribution in [-0.2, 0) is 0 Å². The highest BCUT2D eigenvalue weighted by atomic mass is 35.5. The zero-order valence-corrected chi connectivity index (χ0v) is 15.9. The number of hydrogen-bond acceptors (Lipinski definition) is 4. The minimum Gasteiger partial charge on any atom is -0.382 e. The van der Waals surface area contributed by atoms with Crippen molar-refractivity contribution >= 4 is 29.0 Å². The summed E-state index contributed by atoms with van der Waals surface area (Å²) in [5, 5.41) is 6.75. The number of hydrazine groups is 1. The Hall–Kier alpha value is -1.79. The molecular formula is C18H23Cl2N5. The Bertz CT molecular complexity index is 719. The average molecular weight is 380 g/mol. The third kappa shape index (κ3) is 5.61. The van der Waals surface area contributed by atoms with E-state index >= 15 is 0 Å². The van der Waals surface area contributed by atoms with Crippen LogP contribution < -0.4 is 11.6 Å². The minimum atomic E-state index is -0.181. The zero-order valence-electron chi connectivity index (χ0n) is 14.4. The number of rotatable bonds is 7. The van der Waals surface area contributed by atoms with Crippen LogP contribution in [-0.4, -0.2) is 36.5 Å². The summed E-state index contributed by atoms with van der Waals surface area (Å²) in [4.78, 5) is 2.09. The van der Waals surface area contributed by atoms with Gasteiger partial charge in [0, 0.05) is 5.56 Å². The lowest BCUT2D eigenvalue weighted by molar-refractivity contribution is 0.186. The van der Waals surface area contributed by atoms with Crippen molar-refractivity contribution in [2.45, 2.75) is 12.5 Å². The molecule has 1 atom stereocenters. The van der Waals surface area contributed by atoms with E-state index in [-0.39, 0.29) is 6.04 Å². The molecule has 0 aromatic heterocycles. The molecule has 7 heteroatoms. The summed E-state index contributed by atoms with van der Waals surface area (Å²) < 4.78 is 0. The van der Waals surface area contributed by atoms with Gasteiger partial charge in [-0.25, -0.2) is 11.0 Å². The highest BCUT2D eigenvalue weighted by molar-refractivity contribution is 6.42. The van der Waals surface area contributed by atoms with E-state index in [0.717, 1.165) is 24.1 Å². The zero-order chi connectivity index (χ0) is 18.4. The summed E-state index contributed by atoms with van der Waals surface area (Å²) in [5.41, 5.74) is 7.84. The summed E-state index contributed by atoms with van der Waals surface area (Å²) in [6.07, 6.45) is 0.757. The number of halogens is 2. The smallest absolute Gasteiger partial charge is 0.152 e.